The predicted octanol–water partition coefficient (Wildman–Crippen LogP) is 8.13. The molecule has 1 aromatic heterocycles. The molecule has 1 unspecified atom stereocenters. The van der Waals surface area contributed by atoms with E-state index < -0.39 is 0 Å². The first-order chi connectivity index (χ1) is 23.6. The number of carbonyl (C=O) groups excluding carboxylic acids is 2. The number of thiophene rings is 1. The van der Waals surface area contributed by atoms with Crippen molar-refractivity contribution in [3.05, 3.63) is 112 Å². The Morgan fingerprint density at radius 1 is 1.08 bits per heavy atom. The summed E-state index contributed by atoms with van der Waals surface area (Å²) in [5.41, 5.74) is 11.9. The normalized spacial score (nSPS) is 16.0. The standard InChI is InChI=1S/C26H30N2O2S.C15H24N2O/c1-4-6-23-11-12-25(31-23)20-8-5-7-19(13-20)18(3)28-26(29)24-14-21(10-9-17(24)2)30-22-15-27-16-22;1-4-6-7-15(16)9-8-13(5-2)14-10-17(11-14)12(3)18/h5,7-14,18,22,27H,4,6,15-16H2,1-3H3,(H,28,29);5,7-9,14H,4,6,10-11,16H2,1-3H3/b;9-8-,13-5+,15-7-. The molecule has 2 saturated heterocycles. The SMILES string of the molecule is CCCc1ccc(-c2cccc(C(C)NC(=O)c3cc(OC4CNC4)ccc3C)c2)s1.C\C=C(/C=C\C(N)=C\CCC)C1CN(C(C)=O)C1. The van der Waals surface area contributed by atoms with Crippen molar-refractivity contribution in [2.75, 3.05) is 26.2 Å². The number of allylic oxidation sites excluding steroid dienone is 4. The van der Waals surface area contributed by atoms with Gasteiger partial charge in [0.2, 0.25) is 5.91 Å². The Labute approximate surface area is 297 Å². The van der Waals surface area contributed by atoms with Crippen LogP contribution >= 0.6 is 11.3 Å². The number of benzene rings is 2. The van der Waals surface area contributed by atoms with Gasteiger partial charge in [-0.25, -0.2) is 0 Å². The van der Waals surface area contributed by atoms with Crippen molar-refractivity contribution in [3.63, 3.8) is 0 Å². The first kappa shape index (κ1) is 37.7. The summed E-state index contributed by atoms with van der Waals surface area (Å²) in [4.78, 5) is 28.7. The molecule has 8 heteroatoms. The Bertz CT molecular complexity index is 1650. The van der Waals surface area contributed by atoms with Crippen molar-refractivity contribution in [2.24, 2.45) is 11.7 Å². The second-order valence-corrected chi connectivity index (χ2v) is 14.1. The largest absolute Gasteiger partial charge is 0.488 e. The van der Waals surface area contributed by atoms with Gasteiger partial charge in [-0.2, -0.15) is 0 Å². The highest BCUT2D eigenvalue weighted by Crippen LogP contribution is 2.31. The maximum Gasteiger partial charge on any atom is 0.252 e. The molecule has 4 N–H and O–H groups in total. The highest BCUT2D eigenvalue weighted by molar-refractivity contribution is 7.15. The van der Waals surface area contributed by atoms with Gasteiger partial charge in [0.25, 0.3) is 5.91 Å². The molecule has 0 spiro atoms. The summed E-state index contributed by atoms with van der Waals surface area (Å²) in [5.74, 6) is 1.30. The molecule has 2 aliphatic heterocycles. The Hall–Kier alpha value is -4.14. The van der Waals surface area contributed by atoms with E-state index in [1.807, 2.05) is 67.4 Å². The van der Waals surface area contributed by atoms with E-state index in [-0.39, 0.29) is 24.0 Å². The molecule has 3 aromatic rings. The van der Waals surface area contributed by atoms with Crippen LogP contribution in [0.5, 0.6) is 5.75 Å². The Balaban J connectivity index is 0.000000257. The third-order valence-corrected chi connectivity index (χ3v) is 10.1. The van der Waals surface area contributed by atoms with Crippen LogP contribution in [0.2, 0.25) is 0 Å². The lowest BCUT2D eigenvalue weighted by molar-refractivity contribution is -0.134. The summed E-state index contributed by atoms with van der Waals surface area (Å²) in [6.45, 7) is 15.3. The maximum atomic E-state index is 13.0. The topological polar surface area (TPSA) is 96.7 Å². The molecular weight excluding hydrogens is 629 g/mol. The summed E-state index contributed by atoms with van der Waals surface area (Å²) >= 11 is 1.85. The number of carbonyl (C=O) groups is 2. The van der Waals surface area contributed by atoms with Gasteiger partial charge in [0, 0.05) is 60.0 Å². The van der Waals surface area contributed by atoms with Crippen LogP contribution in [0.3, 0.4) is 0 Å². The molecule has 2 aromatic carbocycles. The van der Waals surface area contributed by atoms with E-state index in [1.165, 1.54) is 20.9 Å². The lowest BCUT2D eigenvalue weighted by Gasteiger charge is -2.39. The third kappa shape index (κ3) is 10.9. The number of aryl methyl sites for hydroxylation is 2. The zero-order chi connectivity index (χ0) is 35.3. The van der Waals surface area contributed by atoms with Gasteiger partial charge >= 0.3 is 0 Å². The van der Waals surface area contributed by atoms with Crippen molar-refractivity contribution in [2.45, 2.75) is 79.4 Å². The molecule has 49 heavy (non-hydrogen) atoms. The van der Waals surface area contributed by atoms with E-state index in [4.69, 9.17) is 10.5 Å². The fraction of sp³-hybridized carbons (Fsp3) is 0.415. The first-order valence-corrected chi connectivity index (χ1v) is 18.5. The first-order valence-electron chi connectivity index (χ1n) is 17.6. The predicted molar refractivity (Wildman–Crippen MR) is 204 cm³/mol. The van der Waals surface area contributed by atoms with Gasteiger partial charge in [-0.15, -0.1) is 11.3 Å². The van der Waals surface area contributed by atoms with Gasteiger partial charge in [0.15, 0.2) is 0 Å². The number of rotatable bonds is 13. The minimum absolute atomic E-state index is 0.0751. The van der Waals surface area contributed by atoms with E-state index >= 15 is 0 Å². The monoisotopic (exact) mass is 682 g/mol. The number of nitrogens with two attached hydrogens (primary N) is 1. The van der Waals surface area contributed by atoms with Crippen LogP contribution in [0.1, 0.15) is 86.3 Å². The second-order valence-electron chi connectivity index (χ2n) is 12.9. The Kier molecular flexibility index (Phi) is 14.3. The number of nitrogens with zero attached hydrogens (tertiary/aromatic N) is 1. The molecular formula is C41H54N4O3S. The smallest absolute Gasteiger partial charge is 0.252 e. The average molecular weight is 683 g/mol. The van der Waals surface area contributed by atoms with Gasteiger partial charge < -0.3 is 26.0 Å². The van der Waals surface area contributed by atoms with Crippen LogP contribution < -0.4 is 21.1 Å². The minimum Gasteiger partial charge on any atom is -0.488 e. The van der Waals surface area contributed by atoms with Crippen LogP contribution in [-0.2, 0) is 11.2 Å². The zero-order valence-electron chi connectivity index (χ0n) is 30.1. The van der Waals surface area contributed by atoms with E-state index in [0.717, 1.165) is 74.4 Å². The zero-order valence-corrected chi connectivity index (χ0v) is 30.9. The van der Waals surface area contributed by atoms with Gasteiger partial charge in [0.05, 0.1) is 6.04 Å². The molecule has 262 valence electrons. The third-order valence-electron chi connectivity index (χ3n) is 8.95. The number of amides is 2. The fourth-order valence-electron chi connectivity index (χ4n) is 5.68. The van der Waals surface area contributed by atoms with Crippen molar-refractivity contribution >= 4 is 23.2 Å². The molecule has 0 saturated carbocycles. The maximum absolute atomic E-state index is 13.0. The van der Waals surface area contributed by atoms with Crippen molar-refractivity contribution in [3.8, 4) is 16.2 Å². The number of hydrogen-bond donors (Lipinski definition) is 3. The number of unbranched alkanes of at least 4 members (excludes halogenated alkanes) is 1. The van der Waals surface area contributed by atoms with Crippen molar-refractivity contribution in [1.29, 1.82) is 0 Å². The molecule has 7 nitrogen and oxygen atoms in total. The molecule has 2 fully saturated rings. The lowest BCUT2D eigenvalue weighted by Crippen LogP contribution is -2.50. The second kappa shape index (κ2) is 18.6. The quantitative estimate of drug-likeness (QED) is 0.158. The van der Waals surface area contributed by atoms with Crippen molar-refractivity contribution in [1.82, 2.24) is 15.5 Å². The molecule has 3 heterocycles. The van der Waals surface area contributed by atoms with E-state index in [2.05, 4.69) is 73.0 Å². The highest BCUT2D eigenvalue weighted by Gasteiger charge is 2.29. The molecule has 1 atom stereocenters. The summed E-state index contributed by atoms with van der Waals surface area (Å²) in [7, 11) is 0. The molecule has 0 bridgehead atoms. The number of ether oxygens (including phenoxy) is 1. The molecule has 5 rings (SSSR count). The summed E-state index contributed by atoms with van der Waals surface area (Å²) < 4.78 is 5.93. The number of likely N-dealkylation sites (tertiary alicyclic amines) is 1. The molecule has 2 aliphatic rings. The van der Waals surface area contributed by atoms with Crippen LogP contribution in [0, 0.1) is 12.8 Å². The van der Waals surface area contributed by atoms with E-state index in [9.17, 15) is 9.59 Å². The average Bonchev–Trinajstić information content (AvgIpc) is 3.52. The number of nitrogens with one attached hydrogen (secondary N) is 2. The molecule has 2 amide bonds. The van der Waals surface area contributed by atoms with Gasteiger partial charge in [0.1, 0.15) is 11.9 Å². The van der Waals surface area contributed by atoms with Crippen LogP contribution in [-0.4, -0.2) is 49.0 Å². The van der Waals surface area contributed by atoms with Crippen LogP contribution in [0.4, 0.5) is 0 Å². The van der Waals surface area contributed by atoms with E-state index in [1.54, 1.807) is 6.92 Å². The molecule has 0 radical (unpaired) electrons. The van der Waals surface area contributed by atoms with E-state index in [0.29, 0.717) is 11.5 Å². The van der Waals surface area contributed by atoms with Gasteiger partial charge in [-0.1, -0.05) is 69.2 Å². The summed E-state index contributed by atoms with van der Waals surface area (Å²) in [5, 5.41) is 6.36. The number of hydrogen-bond acceptors (Lipinski definition) is 6. The Morgan fingerprint density at radius 3 is 2.51 bits per heavy atom. The molecule has 0 aliphatic carbocycles. The minimum atomic E-state index is -0.0951. The summed E-state index contributed by atoms with van der Waals surface area (Å²) in [6.07, 6.45) is 12.8. The Morgan fingerprint density at radius 2 is 1.86 bits per heavy atom. The van der Waals surface area contributed by atoms with Gasteiger partial charge in [-0.05, 0) is 92.3 Å². The van der Waals surface area contributed by atoms with Gasteiger partial charge in [-0.3, -0.25) is 9.59 Å². The van der Waals surface area contributed by atoms with Crippen molar-refractivity contribution < 1.29 is 14.3 Å². The van der Waals surface area contributed by atoms with Crippen LogP contribution in [0.25, 0.3) is 10.4 Å². The summed E-state index contributed by atoms with van der Waals surface area (Å²) in [6, 6.07) is 18.5. The van der Waals surface area contributed by atoms with Crippen LogP contribution in [0.15, 0.2) is 90.2 Å². The highest BCUT2D eigenvalue weighted by atomic mass is 32.1. The lowest BCUT2D eigenvalue weighted by atomic mass is 9.90. The fourth-order valence-corrected chi connectivity index (χ4v) is 6.78.